The number of hydrogen-bond donors (Lipinski definition) is 1. The number of carbonyl (C=O) groups is 1. The topological polar surface area (TPSA) is 83.5 Å². The minimum Gasteiger partial charge on any atom is -0.458 e. The maximum absolute atomic E-state index is 12.6. The maximum Gasteiger partial charge on any atom is 0.338 e. The Kier molecular flexibility index (Phi) is 9.08. The molecule has 3 aliphatic heterocycles. The van der Waals surface area contributed by atoms with Gasteiger partial charge in [-0.25, -0.2) is 4.79 Å². The van der Waals surface area contributed by atoms with Crippen molar-refractivity contribution in [2.45, 2.75) is 101 Å². The Morgan fingerprint density at radius 2 is 1.95 bits per heavy atom. The lowest BCUT2D eigenvalue weighted by Crippen LogP contribution is -2.62. The maximum atomic E-state index is 12.6. The number of carbonyl (C=O) groups excluding carboxylic acids is 1. The lowest BCUT2D eigenvalue weighted by molar-refractivity contribution is -0.290. The lowest BCUT2D eigenvalue weighted by Gasteiger charge is -2.51. The van der Waals surface area contributed by atoms with Crippen LogP contribution in [0.1, 0.15) is 63.2 Å². The van der Waals surface area contributed by atoms with Gasteiger partial charge >= 0.3 is 5.97 Å². The molecule has 0 saturated carbocycles. The van der Waals surface area contributed by atoms with Crippen LogP contribution in [0.4, 0.5) is 0 Å². The van der Waals surface area contributed by atoms with Crippen LogP contribution in [0.3, 0.4) is 0 Å². The standard InChI is InChI=1S/C33H42O7/c1-5-6-9-22(3)40-33(4)18-30-28(37-20-33)17-29-31(39-30)27(34)16-26(38-29)14-21(2)19-36-32(35)25-13-12-23-10-7-8-11-24(23)15-25/h6-13,15,22,26-31,34H,2,5,14,16-20H2,1,3-4H3/b9-6-. The van der Waals surface area contributed by atoms with Crippen LogP contribution in [0.2, 0.25) is 0 Å². The summed E-state index contributed by atoms with van der Waals surface area (Å²) in [5.41, 5.74) is 0.803. The predicted octanol–water partition coefficient (Wildman–Crippen LogP) is 5.54. The number of hydrogen-bond acceptors (Lipinski definition) is 7. The third kappa shape index (κ3) is 6.84. The van der Waals surface area contributed by atoms with Gasteiger partial charge in [0.15, 0.2) is 0 Å². The molecule has 5 rings (SSSR count). The van der Waals surface area contributed by atoms with E-state index in [4.69, 9.17) is 23.7 Å². The summed E-state index contributed by atoms with van der Waals surface area (Å²) < 4.78 is 30.8. The Morgan fingerprint density at radius 1 is 1.15 bits per heavy atom. The molecule has 216 valence electrons. The van der Waals surface area contributed by atoms with Crippen molar-refractivity contribution in [2.24, 2.45) is 0 Å². The highest BCUT2D eigenvalue weighted by Gasteiger charge is 2.51. The van der Waals surface area contributed by atoms with Crippen molar-refractivity contribution in [3.63, 3.8) is 0 Å². The first kappa shape index (κ1) is 29.0. The van der Waals surface area contributed by atoms with Gasteiger partial charge in [0, 0.05) is 19.3 Å². The molecule has 0 radical (unpaired) electrons. The molecule has 0 aliphatic carbocycles. The first-order valence-corrected chi connectivity index (χ1v) is 14.5. The summed E-state index contributed by atoms with van der Waals surface area (Å²) in [7, 11) is 0. The van der Waals surface area contributed by atoms with Gasteiger partial charge in [0.05, 0.1) is 54.4 Å². The zero-order valence-corrected chi connectivity index (χ0v) is 23.8. The summed E-state index contributed by atoms with van der Waals surface area (Å²) in [6.07, 6.45) is 5.64. The minimum atomic E-state index is -0.654. The lowest BCUT2D eigenvalue weighted by atomic mass is 9.83. The van der Waals surface area contributed by atoms with Crippen LogP contribution in [0.5, 0.6) is 0 Å². The molecule has 0 aromatic heterocycles. The molecule has 7 nitrogen and oxygen atoms in total. The van der Waals surface area contributed by atoms with Gasteiger partial charge in [0.25, 0.3) is 0 Å². The van der Waals surface area contributed by atoms with Crippen LogP contribution in [0.25, 0.3) is 10.8 Å². The van der Waals surface area contributed by atoms with Crippen molar-refractivity contribution in [2.75, 3.05) is 13.2 Å². The van der Waals surface area contributed by atoms with E-state index in [-0.39, 0.29) is 43.1 Å². The molecule has 0 spiro atoms. The molecule has 7 heteroatoms. The van der Waals surface area contributed by atoms with E-state index >= 15 is 0 Å². The van der Waals surface area contributed by atoms with Crippen molar-refractivity contribution in [1.29, 1.82) is 0 Å². The van der Waals surface area contributed by atoms with Crippen LogP contribution in [0, 0.1) is 0 Å². The smallest absolute Gasteiger partial charge is 0.338 e. The normalized spacial score (nSPS) is 32.8. The van der Waals surface area contributed by atoms with E-state index < -0.39 is 17.8 Å². The third-order valence-electron chi connectivity index (χ3n) is 8.09. The zero-order chi connectivity index (χ0) is 28.3. The molecule has 3 saturated heterocycles. The average molecular weight is 551 g/mol. The molecule has 0 bridgehead atoms. The molecule has 2 aromatic rings. The molecule has 1 N–H and O–H groups in total. The molecule has 3 fully saturated rings. The number of rotatable bonds is 9. The SMILES string of the molecule is C=C(COC(=O)c1ccc2ccccc2c1)CC1CC(O)C2OC3CC(C)(OC(C)/C=C\CC)COC3CC2O1. The number of aliphatic hydroxyl groups excluding tert-OH is 1. The minimum absolute atomic E-state index is 0.00857. The van der Waals surface area contributed by atoms with E-state index in [2.05, 4.69) is 32.6 Å². The summed E-state index contributed by atoms with van der Waals surface area (Å²) in [4.78, 5) is 12.6. The number of allylic oxidation sites excluding steroid dienone is 1. The second-order valence-electron chi connectivity index (χ2n) is 11.7. The Hall–Kier alpha value is -2.55. The number of fused-ring (bicyclic) bond motifs is 3. The number of aliphatic hydroxyl groups is 1. The highest BCUT2D eigenvalue weighted by Crippen LogP contribution is 2.40. The quantitative estimate of drug-likeness (QED) is 0.324. The van der Waals surface area contributed by atoms with Crippen molar-refractivity contribution in [3.8, 4) is 0 Å². The Morgan fingerprint density at radius 3 is 2.75 bits per heavy atom. The Bertz CT molecular complexity index is 1220. The van der Waals surface area contributed by atoms with E-state index in [1.807, 2.05) is 43.3 Å². The summed E-state index contributed by atoms with van der Waals surface area (Å²) in [6.45, 7) is 10.9. The van der Waals surface area contributed by atoms with E-state index in [9.17, 15) is 9.90 Å². The fourth-order valence-electron chi connectivity index (χ4n) is 6.17. The first-order valence-electron chi connectivity index (χ1n) is 14.5. The highest BCUT2D eigenvalue weighted by molar-refractivity contribution is 5.95. The van der Waals surface area contributed by atoms with Gasteiger partial charge in [0.1, 0.15) is 12.7 Å². The second-order valence-corrected chi connectivity index (χ2v) is 11.7. The molecule has 40 heavy (non-hydrogen) atoms. The van der Waals surface area contributed by atoms with E-state index in [1.54, 1.807) is 6.07 Å². The number of ether oxygens (including phenoxy) is 5. The molecule has 3 aliphatic rings. The average Bonchev–Trinajstić information content (AvgIpc) is 2.93. The summed E-state index contributed by atoms with van der Waals surface area (Å²) in [5, 5.41) is 13.1. The zero-order valence-electron chi connectivity index (χ0n) is 23.8. The molecule has 8 atom stereocenters. The summed E-state index contributed by atoms with van der Waals surface area (Å²) in [5.74, 6) is -0.385. The first-order chi connectivity index (χ1) is 19.2. The van der Waals surface area contributed by atoms with E-state index in [1.165, 1.54) is 0 Å². The molecule has 0 amide bonds. The molecule has 3 heterocycles. The van der Waals surface area contributed by atoms with Crippen molar-refractivity contribution in [3.05, 3.63) is 72.3 Å². The number of esters is 1. The fourth-order valence-corrected chi connectivity index (χ4v) is 6.17. The van der Waals surface area contributed by atoms with Crippen molar-refractivity contribution < 1.29 is 33.6 Å². The van der Waals surface area contributed by atoms with Crippen LogP contribution in [-0.2, 0) is 23.7 Å². The van der Waals surface area contributed by atoms with Gasteiger partial charge in [0.2, 0.25) is 0 Å². The van der Waals surface area contributed by atoms with Gasteiger partial charge in [-0.05, 0) is 55.2 Å². The summed E-state index contributed by atoms with van der Waals surface area (Å²) in [6, 6.07) is 13.4. The van der Waals surface area contributed by atoms with Crippen LogP contribution >= 0.6 is 0 Å². The Labute approximate surface area is 237 Å². The van der Waals surface area contributed by atoms with Crippen molar-refractivity contribution in [1.82, 2.24) is 0 Å². The van der Waals surface area contributed by atoms with Crippen LogP contribution in [0.15, 0.2) is 66.8 Å². The largest absolute Gasteiger partial charge is 0.458 e. The van der Waals surface area contributed by atoms with Crippen LogP contribution in [-0.4, -0.2) is 72.6 Å². The van der Waals surface area contributed by atoms with Gasteiger partial charge in [-0.1, -0.05) is 56.0 Å². The third-order valence-corrected chi connectivity index (χ3v) is 8.09. The Balaban J connectivity index is 1.11. The van der Waals surface area contributed by atoms with Gasteiger partial charge < -0.3 is 28.8 Å². The molecule has 8 unspecified atom stereocenters. The van der Waals surface area contributed by atoms with E-state index in [0.29, 0.717) is 37.9 Å². The van der Waals surface area contributed by atoms with Crippen LogP contribution < -0.4 is 0 Å². The fraction of sp³-hybridized carbons (Fsp3) is 0.545. The van der Waals surface area contributed by atoms with E-state index in [0.717, 1.165) is 22.8 Å². The predicted molar refractivity (Wildman–Crippen MR) is 153 cm³/mol. The molecule has 2 aromatic carbocycles. The monoisotopic (exact) mass is 550 g/mol. The summed E-state index contributed by atoms with van der Waals surface area (Å²) >= 11 is 0. The van der Waals surface area contributed by atoms with Gasteiger partial charge in [-0.2, -0.15) is 0 Å². The van der Waals surface area contributed by atoms with Crippen molar-refractivity contribution >= 4 is 16.7 Å². The molecular formula is C33H42O7. The second kappa shape index (κ2) is 12.5. The van der Waals surface area contributed by atoms with Gasteiger partial charge in [-0.3, -0.25) is 0 Å². The molecular weight excluding hydrogens is 508 g/mol. The number of benzene rings is 2. The van der Waals surface area contributed by atoms with Gasteiger partial charge in [-0.15, -0.1) is 0 Å². The highest BCUT2D eigenvalue weighted by atomic mass is 16.6.